The second-order valence-corrected chi connectivity index (χ2v) is 7.13. The minimum atomic E-state index is -0.623. The topological polar surface area (TPSA) is 58.6 Å². The Morgan fingerprint density at radius 2 is 1.85 bits per heavy atom. The lowest BCUT2D eigenvalue weighted by molar-refractivity contribution is -0.140. The van der Waals surface area contributed by atoms with Crippen LogP contribution in [-0.4, -0.2) is 35.9 Å². The molecule has 142 valence electrons. The van der Waals surface area contributed by atoms with E-state index >= 15 is 0 Å². The first kappa shape index (κ1) is 19.2. The molecule has 1 saturated heterocycles. The molecule has 2 aromatic carbocycles. The summed E-state index contributed by atoms with van der Waals surface area (Å²) in [5.41, 5.74) is 0.769. The summed E-state index contributed by atoms with van der Waals surface area (Å²) in [6, 6.07) is 16.3. The molecule has 0 aliphatic carbocycles. The lowest BCUT2D eigenvalue weighted by Crippen LogP contribution is -2.48. The number of halogens is 1. The van der Waals surface area contributed by atoms with Crippen molar-refractivity contribution < 1.29 is 14.3 Å². The zero-order chi connectivity index (χ0) is 19.2. The van der Waals surface area contributed by atoms with Crippen LogP contribution in [0.5, 0.6) is 5.75 Å². The van der Waals surface area contributed by atoms with Gasteiger partial charge in [0, 0.05) is 23.8 Å². The number of rotatable bonds is 5. The predicted octanol–water partition coefficient (Wildman–Crippen LogP) is 3.98. The van der Waals surface area contributed by atoms with Crippen molar-refractivity contribution in [3.63, 3.8) is 0 Å². The van der Waals surface area contributed by atoms with Crippen molar-refractivity contribution in [1.82, 2.24) is 4.90 Å². The van der Waals surface area contributed by atoms with Crippen LogP contribution in [0.4, 0.5) is 5.69 Å². The van der Waals surface area contributed by atoms with E-state index in [1.54, 1.807) is 36.1 Å². The van der Waals surface area contributed by atoms with E-state index < -0.39 is 6.10 Å². The molecule has 27 heavy (non-hydrogen) atoms. The van der Waals surface area contributed by atoms with Gasteiger partial charge in [-0.3, -0.25) is 9.59 Å². The molecule has 0 bridgehead atoms. The number of piperidine rings is 1. The molecule has 1 fully saturated rings. The highest BCUT2D eigenvalue weighted by atomic mass is 35.5. The van der Waals surface area contributed by atoms with Crippen LogP contribution in [0.25, 0.3) is 0 Å². The third-order valence-electron chi connectivity index (χ3n) is 4.62. The Morgan fingerprint density at radius 1 is 1.15 bits per heavy atom. The molecule has 2 amide bonds. The van der Waals surface area contributed by atoms with E-state index in [-0.39, 0.29) is 17.7 Å². The number of carbonyl (C=O) groups excluding carboxylic acids is 2. The van der Waals surface area contributed by atoms with Crippen molar-refractivity contribution in [2.75, 3.05) is 18.4 Å². The maximum Gasteiger partial charge on any atom is 0.263 e. The largest absolute Gasteiger partial charge is 0.481 e. The number of likely N-dealkylation sites (tertiary alicyclic amines) is 1. The first-order valence-corrected chi connectivity index (χ1v) is 9.47. The van der Waals surface area contributed by atoms with Gasteiger partial charge in [-0.25, -0.2) is 0 Å². The molecule has 0 unspecified atom stereocenters. The van der Waals surface area contributed by atoms with Crippen molar-refractivity contribution in [2.24, 2.45) is 5.92 Å². The Balaban J connectivity index is 1.57. The van der Waals surface area contributed by atoms with Crippen LogP contribution in [-0.2, 0) is 9.59 Å². The molecular weight excluding hydrogens is 364 g/mol. The van der Waals surface area contributed by atoms with Gasteiger partial charge in [0.15, 0.2) is 6.10 Å². The molecule has 0 spiro atoms. The third kappa shape index (κ3) is 5.23. The maximum absolute atomic E-state index is 12.7. The minimum absolute atomic E-state index is 0.0510. The number of nitrogens with one attached hydrogen (secondary N) is 1. The Bertz CT molecular complexity index is 780. The van der Waals surface area contributed by atoms with Gasteiger partial charge in [-0.05, 0) is 56.2 Å². The average molecular weight is 387 g/mol. The number of hydrogen-bond acceptors (Lipinski definition) is 3. The fraction of sp³-hybridized carbons (Fsp3) is 0.333. The van der Waals surface area contributed by atoms with Crippen molar-refractivity contribution >= 4 is 29.1 Å². The van der Waals surface area contributed by atoms with Gasteiger partial charge in [-0.1, -0.05) is 29.8 Å². The summed E-state index contributed by atoms with van der Waals surface area (Å²) in [5.74, 6) is 0.216. The predicted molar refractivity (Wildman–Crippen MR) is 106 cm³/mol. The van der Waals surface area contributed by atoms with Gasteiger partial charge < -0.3 is 15.0 Å². The summed E-state index contributed by atoms with van der Waals surface area (Å²) < 4.78 is 5.73. The standard InChI is InChI=1S/C21H23ClN2O3/c1-15(27-19-11-9-17(22)10-12-19)21(26)24-13-5-6-16(14-24)20(25)23-18-7-3-2-4-8-18/h2-4,7-12,15-16H,5-6,13-14H2,1H3,(H,23,25)/t15-,16-/m0/s1. The summed E-state index contributed by atoms with van der Waals surface area (Å²) >= 11 is 5.87. The van der Waals surface area contributed by atoms with Gasteiger partial charge >= 0.3 is 0 Å². The second-order valence-electron chi connectivity index (χ2n) is 6.69. The van der Waals surface area contributed by atoms with Crippen LogP contribution in [0.2, 0.25) is 5.02 Å². The molecule has 0 aromatic heterocycles. The molecule has 2 aromatic rings. The highest BCUT2D eigenvalue weighted by Crippen LogP contribution is 2.21. The number of para-hydroxylation sites is 1. The van der Waals surface area contributed by atoms with Crippen LogP contribution < -0.4 is 10.1 Å². The van der Waals surface area contributed by atoms with E-state index in [9.17, 15) is 9.59 Å². The molecule has 1 aliphatic rings. The first-order valence-electron chi connectivity index (χ1n) is 9.10. The number of amides is 2. The van der Waals surface area contributed by atoms with Gasteiger partial charge in [0.2, 0.25) is 5.91 Å². The van der Waals surface area contributed by atoms with Crippen molar-refractivity contribution in [2.45, 2.75) is 25.9 Å². The van der Waals surface area contributed by atoms with Gasteiger partial charge in [-0.2, -0.15) is 0 Å². The fourth-order valence-electron chi connectivity index (χ4n) is 3.18. The van der Waals surface area contributed by atoms with Gasteiger partial charge in [0.25, 0.3) is 5.91 Å². The van der Waals surface area contributed by atoms with E-state index in [1.807, 2.05) is 30.3 Å². The molecule has 1 N–H and O–H groups in total. The molecule has 6 heteroatoms. The third-order valence-corrected chi connectivity index (χ3v) is 4.87. The van der Waals surface area contributed by atoms with E-state index in [2.05, 4.69) is 5.32 Å². The Morgan fingerprint density at radius 3 is 2.56 bits per heavy atom. The van der Waals surface area contributed by atoms with E-state index in [1.165, 1.54) is 0 Å². The molecule has 3 rings (SSSR count). The molecule has 2 atom stereocenters. The van der Waals surface area contributed by atoms with Gasteiger partial charge in [-0.15, -0.1) is 0 Å². The summed E-state index contributed by atoms with van der Waals surface area (Å²) in [6.07, 6.45) is 0.948. The molecule has 0 radical (unpaired) electrons. The number of hydrogen-bond donors (Lipinski definition) is 1. The van der Waals surface area contributed by atoms with E-state index in [0.717, 1.165) is 18.5 Å². The van der Waals surface area contributed by atoms with E-state index in [4.69, 9.17) is 16.3 Å². The van der Waals surface area contributed by atoms with Crippen molar-refractivity contribution in [3.8, 4) is 5.75 Å². The highest BCUT2D eigenvalue weighted by molar-refractivity contribution is 6.30. The molecule has 1 aliphatic heterocycles. The van der Waals surface area contributed by atoms with E-state index in [0.29, 0.717) is 23.9 Å². The normalized spacial score (nSPS) is 17.9. The zero-order valence-electron chi connectivity index (χ0n) is 15.2. The average Bonchev–Trinajstić information content (AvgIpc) is 2.70. The Hall–Kier alpha value is -2.53. The first-order chi connectivity index (χ1) is 13.0. The Kier molecular flexibility index (Phi) is 6.35. The number of anilines is 1. The number of ether oxygens (including phenoxy) is 1. The number of carbonyl (C=O) groups is 2. The Labute approximate surface area is 164 Å². The van der Waals surface area contributed by atoms with Gasteiger partial charge in [0.1, 0.15) is 5.75 Å². The lowest BCUT2D eigenvalue weighted by atomic mass is 9.96. The summed E-state index contributed by atoms with van der Waals surface area (Å²) in [7, 11) is 0. The summed E-state index contributed by atoms with van der Waals surface area (Å²) in [6.45, 7) is 2.78. The smallest absolute Gasteiger partial charge is 0.263 e. The zero-order valence-corrected chi connectivity index (χ0v) is 16.0. The second kappa shape index (κ2) is 8.91. The SMILES string of the molecule is C[C@H](Oc1ccc(Cl)cc1)C(=O)N1CCC[C@H](C(=O)Nc2ccccc2)C1. The molecule has 0 saturated carbocycles. The maximum atomic E-state index is 12.7. The van der Waals surface area contributed by atoms with Crippen molar-refractivity contribution in [3.05, 3.63) is 59.6 Å². The molecule has 1 heterocycles. The molecule has 5 nitrogen and oxygen atoms in total. The number of benzene rings is 2. The van der Waals surface area contributed by atoms with Crippen LogP contribution in [0.1, 0.15) is 19.8 Å². The van der Waals surface area contributed by atoms with Crippen molar-refractivity contribution in [1.29, 1.82) is 0 Å². The molecular formula is C21H23ClN2O3. The van der Waals surface area contributed by atoms with Crippen LogP contribution in [0, 0.1) is 5.92 Å². The fourth-order valence-corrected chi connectivity index (χ4v) is 3.31. The highest BCUT2D eigenvalue weighted by Gasteiger charge is 2.31. The van der Waals surface area contributed by atoms with Crippen LogP contribution >= 0.6 is 11.6 Å². The minimum Gasteiger partial charge on any atom is -0.481 e. The summed E-state index contributed by atoms with van der Waals surface area (Å²) in [4.78, 5) is 27.0. The number of nitrogens with zero attached hydrogens (tertiary/aromatic N) is 1. The quantitative estimate of drug-likeness (QED) is 0.845. The van der Waals surface area contributed by atoms with Crippen LogP contribution in [0.3, 0.4) is 0 Å². The summed E-state index contributed by atoms with van der Waals surface area (Å²) in [5, 5.41) is 3.54. The lowest BCUT2D eigenvalue weighted by Gasteiger charge is -2.33. The van der Waals surface area contributed by atoms with Crippen LogP contribution in [0.15, 0.2) is 54.6 Å². The van der Waals surface area contributed by atoms with Gasteiger partial charge in [0.05, 0.1) is 5.92 Å². The monoisotopic (exact) mass is 386 g/mol.